The van der Waals surface area contributed by atoms with Crippen LogP contribution in [0.25, 0.3) is 0 Å². The van der Waals surface area contributed by atoms with Gasteiger partial charge in [0.1, 0.15) is 12.7 Å². The Balaban J connectivity index is 3.55. The molecule has 0 saturated heterocycles. The molecule has 2 atom stereocenters. The lowest BCUT2D eigenvalue weighted by molar-refractivity contribution is -0.887. The highest BCUT2D eigenvalue weighted by Gasteiger charge is 2.30. The molecule has 0 saturated carbocycles. The first-order valence-electron chi connectivity index (χ1n) is 14.9. The summed E-state index contributed by atoms with van der Waals surface area (Å²) in [4.78, 5) is 23.2. The molecular weight excluding hydrogens is 482 g/mol. The molecule has 38 heavy (non-hydrogen) atoms. The molecule has 2 unspecified atom stereocenters. The number of carbonyl (C=O) groups is 2. The van der Waals surface area contributed by atoms with Crippen LogP contribution >= 0.6 is 0 Å². The highest BCUT2D eigenvalue weighted by Crippen LogP contribution is 2.11. The van der Waals surface area contributed by atoms with Crippen LogP contribution in [0.3, 0.4) is 0 Å². The first-order valence-corrected chi connectivity index (χ1v) is 14.9. The number of aliphatic carboxylic acids is 1. The number of carbonyl (C=O) groups excluding carboxylic acids is 1. The Morgan fingerprint density at radius 3 is 1.89 bits per heavy atom. The van der Waals surface area contributed by atoms with Gasteiger partial charge in [0.15, 0.2) is 6.04 Å². The SMILES string of the molecule is CCCCCC/C=C\C/C=C\CCCCCCCCCC(=O)OCC(O)COCCC(C(=O)O)[N+](C)(C)C. The molecule has 0 spiro atoms. The Morgan fingerprint density at radius 1 is 0.789 bits per heavy atom. The van der Waals surface area contributed by atoms with Crippen LogP contribution in [0.1, 0.15) is 110 Å². The summed E-state index contributed by atoms with van der Waals surface area (Å²) in [7, 11) is 5.47. The molecule has 0 fully saturated rings. The number of hydrogen-bond donors (Lipinski definition) is 2. The number of quaternary nitrogens is 1. The molecule has 0 aromatic carbocycles. The molecule has 0 rings (SSSR count). The van der Waals surface area contributed by atoms with E-state index in [4.69, 9.17) is 9.47 Å². The summed E-state index contributed by atoms with van der Waals surface area (Å²) in [5, 5.41) is 19.2. The number of rotatable bonds is 26. The molecule has 0 radical (unpaired) electrons. The van der Waals surface area contributed by atoms with Crippen molar-refractivity contribution in [2.24, 2.45) is 0 Å². The van der Waals surface area contributed by atoms with Crippen molar-refractivity contribution in [2.45, 2.75) is 122 Å². The van der Waals surface area contributed by atoms with Gasteiger partial charge in [0.2, 0.25) is 0 Å². The van der Waals surface area contributed by atoms with Crippen molar-refractivity contribution in [3.8, 4) is 0 Å². The first-order chi connectivity index (χ1) is 18.2. The van der Waals surface area contributed by atoms with E-state index < -0.39 is 18.1 Å². The van der Waals surface area contributed by atoms with Gasteiger partial charge < -0.3 is 24.2 Å². The molecule has 0 heterocycles. The number of ether oxygens (including phenoxy) is 2. The first kappa shape index (κ1) is 36.3. The fraction of sp³-hybridized carbons (Fsp3) is 0.806. The molecular formula is C31H58NO6+. The summed E-state index contributed by atoms with van der Waals surface area (Å²) in [5.41, 5.74) is 0. The molecule has 0 aliphatic carbocycles. The van der Waals surface area contributed by atoms with Gasteiger partial charge in [-0.3, -0.25) is 4.79 Å². The molecule has 0 bridgehead atoms. The number of likely N-dealkylation sites (N-methyl/N-ethyl adjacent to an activating group) is 1. The summed E-state index contributed by atoms with van der Waals surface area (Å²) in [6, 6.07) is -0.575. The number of carboxylic acid groups (broad SMARTS) is 1. The van der Waals surface area contributed by atoms with Crippen LogP contribution in [0.5, 0.6) is 0 Å². The lowest BCUT2D eigenvalue weighted by atomic mass is 10.1. The maximum Gasteiger partial charge on any atom is 0.362 e. The second-order valence-corrected chi connectivity index (χ2v) is 11.2. The number of aliphatic hydroxyl groups is 1. The smallest absolute Gasteiger partial charge is 0.362 e. The summed E-state index contributed by atoms with van der Waals surface area (Å²) < 4.78 is 10.8. The number of aliphatic hydroxyl groups excluding tert-OH is 1. The fourth-order valence-corrected chi connectivity index (χ4v) is 4.18. The van der Waals surface area contributed by atoms with E-state index in [-0.39, 0.29) is 25.8 Å². The molecule has 7 nitrogen and oxygen atoms in total. The average molecular weight is 541 g/mol. The molecule has 0 aliphatic rings. The number of nitrogens with zero attached hydrogens (tertiary/aromatic N) is 1. The fourth-order valence-electron chi connectivity index (χ4n) is 4.18. The summed E-state index contributed by atoms with van der Waals surface area (Å²) in [5.74, 6) is -1.16. The van der Waals surface area contributed by atoms with E-state index in [0.29, 0.717) is 17.3 Å². The highest BCUT2D eigenvalue weighted by molar-refractivity contribution is 5.72. The van der Waals surface area contributed by atoms with E-state index in [1.54, 1.807) is 0 Å². The second-order valence-electron chi connectivity index (χ2n) is 11.2. The summed E-state index contributed by atoms with van der Waals surface area (Å²) >= 11 is 0. The van der Waals surface area contributed by atoms with Crippen LogP contribution in [0.15, 0.2) is 24.3 Å². The van der Waals surface area contributed by atoms with E-state index in [9.17, 15) is 19.8 Å². The number of hydrogen-bond acceptors (Lipinski definition) is 5. The summed E-state index contributed by atoms with van der Waals surface area (Å²) in [6.45, 7) is 2.39. The minimum absolute atomic E-state index is 0.0167. The number of unbranched alkanes of at least 4 members (excludes halogenated alkanes) is 11. The Labute approximate surface area is 232 Å². The van der Waals surface area contributed by atoms with E-state index >= 15 is 0 Å². The highest BCUT2D eigenvalue weighted by atomic mass is 16.5. The van der Waals surface area contributed by atoms with Crippen LogP contribution in [-0.2, 0) is 19.1 Å². The molecule has 222 valence electrons. The maximum atomic E-state index is 11.9. The second kappa shape index (κ2) is 24.3. The quantitative estimate of drug-likeness (QED) is 0.0568. The zero-order valence-electron chi connectivity index (χ0n) is 24.9. The van der Waals surface area contributed by atoms with E-state index in [1.807, 2.05) is 21.1 Å². The van der Waals surface area contributed by atoms with Gasteiger partial charge in [-0.25, -0.2) is 4.79 Å². The van der Waals surface area contributed by atoms with Crippen molar-refractivity contribution < 1.29 is 33.8 Å². The van der Waals surface area contributed by atoms with Crippen LogP contribution in [0.2, 0.25) is 0 Å². The third-order valence-electron chi connectivity index (χ3n) is 6.58. The van der Waals surface area contributed by atoms with Crippen LogP contribution in [0.4, 0.5) is 0 Å². The van der Waals surface area contributed by atoms with E-state index in [1.165, 1.54) is 57.8 Å². The number of carboxylic acids is 1. The van der Waals surface area contributed by atoms with Gasteiger partial charge in [-0.1, -0.05) is 82.6 Å². The normalized spacial score (nSPS) is 13.8. The average Bonchev–Trinajstić information content (AvgIpc) is 2.85. The molecule has 7 heteroatoms. The van der Waals surface area contributed by atoms with Crippen molar-refractivity contribution in [2.75, 3.05) is 41.0 Å². The Hall–Kier alpha value is -1.70. The predicted molar refractivity (Wildman–Crippen MR) is 155 cm³/mol. The Kier molecular flexibility index (Phi) is 23.3. The standard InChI is InChI=1S/C31H57NO6/c1-5-6-7-8-9-10-11-12-13-14-15-16-17-18-19-20-21-22-23-30(34)38-27-28(33)26-37-25-24-29(31(35)36)32(2,3)4/h10-11,13-14,28-29,33H,5-9,12,15-27H2,1-4H3/p+1/b11-10-,14-13-. The van der Waals surface area contributed by atoms with Crippen LogP contribution in [0, 0.1) is 0 Å². The van der Waals surface area contributed by atoms with E-state index in [0.717, 1.165) is 32.1 Å². The van der Waals surface area contributed by atoms with Gasteiger partial charge in [0.05, 0.1) is 34.4 Å². The van der Waals surface area contributed by atoms with E-state index in [2.05, 4.69) is 31.2 Å². The van der Waals surface area contributed by atoms with Gasteiger partial charge in [0, 0.05) is 12.8 Å². The largest absolute Gasteiger partial charge is 0.477 e. The van der Waals surface area contributed by atoms with Crippen LogP contribution < -0.4 is 0 Å². The monoisotopic (exact) mass is 540 g/mol. The van der Waals surface area contributed by atoms with Crippen molar-refractivity contribution in [1.82, 2.24) is 0 Å². The lowest BCUT2D eigenvalue weighted by Gasteiger charge is -2.31. The Bertz CT molecular complexity index is 641. The third kappa shape index (κ3) is 23.4. The third-order valence-corrected chi connectivity index (χ3v) is 6.58. The van der Waals surface area contributed by atoms with Crippen LogP contribution in [-0.4, -0.2) is 79.7 Å². The number of esters is 1. The topological polar surface area (TPSA) is 93.1 Å². The lowest BCUT2D eigenvalue weighted by Crippen LogP contribution is -2.50. The van der Waals surface area contributed by atoms with Crippen molar-refractivity contribution in [3.05, 3.63) is 24.3 Å². The molecule has 0 aromatic rings. The molecule has 0 aliphatic heterocycles. The number of allylic oxidation sites excluding steroid dienone is 4. The van der Waals surface area contributed by atoms with Gasteiger partial charge in [-0.2, -0.15) is 0 Å². The molecule has 2 N–H and O–H groups in total. The molecule has 0 aromatic heterocycles. The van der Waals surface area contributed by atoms with Crippen molar-refractivity contribution in [1.29, 1.82) is 0 Å². The predicted octanol–water partition coefficient (Wildman–Crippen LogP) is 6.44. The van der Waals surface area contributed by atoms with Gasteiger partial charge in [-0.15, -0.1) is 0 Å². The molecule has 0 amide bonds. The van der Waals surface area contributed by atoms with Gasteiger partial charge in [0.25, 0.3) is 0 Å². The van der Waals surface area contributed by atoms with Gasteiger partial charge >= 0.3 is 11.9 Å². The zero-order chi connectivity index (χ0) is 28.5. The summed E-state index contributed by atoms with van der Waals surface area (Å²) in [6.07, 6.45) is 25.6. The van der Waals surface area contributed by atoms with Crippen molar-refractivity contribution in [3.63, 3.8) is 0 Å². The minimum atomic E-state index is -0.905. The zero-order valence-corrected chi connectivity index (χ0v) is 24.9. The van der Waals surface area contributed by atoms with Crippen molar-refractivity contribution >= 4 is 11.9 Å². The van der Waals surface area contributed by atoms with Gasteiger partial charge in [-0.05, 0) is 38.5 Å². The minimum Gasteiger partial charge on any atom is -0.477 e. The maximum absolute atomic E-state index is 11.9. The Morgan fingerprint density at radius 2 is 1.34 bits per heavy atom.